The highest BCUT2D eigenvalue weighted by molar-refractivity contribution is 7.16. The van der Waals surface area contributed by atoms with Crippen molar-refractivity contribution in [3.05, 3.63) is 33.0 Å². The predicted octanol–water partition coefficient (Wildman–Crippen LogP) is 3.82. The van der Waals surface area contributed by atoms with Gasteiger partial charge in [0.15, 0.2) is 0 Å². The lowest BCUT2D eigenvalue weighted by molar-refractivity contribution is 0.0334. The first-order valence-corrected chi connectivity index (χ1v) is 9.61. The minimum absolute atomic E-state index is 0.198. The van der Waals surface area contributed by atoms with Gasteiger partial charge in [0, 0.05) is 16.3 Å². The van der Waals surface area contributed by atoms with Crippen molar-refractivity contribution in [2.45, 2.75) is 68.4 Å². The molecule has 0 spiro atoms. The van der Waals surface area contributed by atoms with Crippen molar-refractivity contribution in [2.75, 3.05) is 0 Å². The zero-order valence-electron chi connectivity index (χ0n) is 13.1. The second-order valence-electron chi connectivity index (χ2n) is 7.76. The Balaban J connectivity index is 1.66. The quantitative estimate of drug-likeness (QED) is 0.912. The van der Waals surface area contributed by atoms with Gasteiger partial charge in [-0.1, -0.05) is 18.5 Å². The van der Waals surface area contributed by atoms with Gasteiger partial charge in [-0.05, 0) is 50.7 Å². The fourth-order valence-electron chi connectivity index (χ4n) is 3.93. The maximum atomic E-state index is 10.1. The molecule has 2 heterocycles. The summed E-state index contributed by atoms with van der Waals surface area (Å²) in [4.78, 5) is 1.22. The average Bonchev–Trinajstić information content (AvgIpc) is 3.38. The predicted molar refractivity (Wildman–Crippen MR) is 90.2 cm³/mol. The number of aliphatic hydroxyl groups excluding tert-OH is 1. The van der Waals surface area contributed by atoms with Crippen molar-refractivity contribution in [1.29, 1.82) is 0 Å². The lowest BCUT2D eigenvalue weighted by Gasteiger charge is -2.44. The number of hydrogen-bond donors (Lipinski definition) is 1. The summed E-state index contributed by atoms with van der Waals surface area (Å²) in [5.41, 5.74) is 0.0147. The van der Waals surface area contributed by atoms with Crippen LogP contribution >= 0.6 is 22.9 Å². The molecule has 3 aliphatic carbocycles. The van der Waals surface area contributed by atoms with Crippen LogP contribution in [0.25, 0.3) is 0 Å². The molecule has 0 bridgehead atoms. The molecule has 6 heteroatoms. The van der Waals surface area contributed by atoms with Crippen LogP contribution in [0.2, 0.25) is 4.34 Å². The van der Waals surface area contributed by atoms with E-state index in [0.29, 0.717) is 6.04 Å². The lowest BCUT2D eigenvalue weighted by atomic mass is 9.65. The van der Waals surface area contributed by atoms with Gasteiger partial charge in [0.05, 0.1) is 15.9 Å². The Morgan fingerprint density at radius 3 is 2.43 bits per heavy atom. The molecule has 2 aromatic heterocycles. The van der Waals surface area contributed by atoms with Crippen molar-refractivity contribution in [3.8, 4) is 0 Å². The summed E-state index contributed by atoms with van der Waals surface area (Å²) >= 11 is 7.80. The molecule has 0 aromatic carbocycles. The summed E-state index contributed by atoms with van der Waals surface area (Å²) in [6, 6.07) is 4.61. The highest BCUT2D eigenvalue weighted by Gasteiger charge is 2.54. The third kappa shape index (κ3) is 2.06. The van der Waals surface area contributed by atoms with Gasteiger partial charge in [-0.2, -0.15) is 0 Å². The van der Waals surface area contributed by atoms with Gasteiger partial charge >= 0.3 is 0 Å². The highest BCUT2D eigenvalue weighted by atomic mass is 35.5. The number of aromatic nitrogens is 3. The zero-order chi connectivity index (χ0) is 15.8. The molecule has 0 atom stereocenters. The Kier molecular flexibility index (Phi) is 2.88. The van der Waals surface area contributed by atoms with E-state index in [1.165, 1.54) is 36.4 Å². The standard InChI is InChI=1S/C17H20ClN3OS/c1-16(6-7-16)14-19-20-15(21(14)10-2-3-10)17(8-11(22)9-17)12-4-5-13(18)23-12/h4-5,10-11,22H,2-3,6-9H2,1H3. The van der Waals surface area contributed by atoms with E-state index in [1.54, 1.807) is 11.3 Å². The first kappa shape index (κ1) is 14.4. The van der Waals surface area contributed by atoms with Crippen LogP contribution in [0.4, 0.5) is 0 Å². The number of halogens is 1. The Morgan fingerprint density at radius 1 is 1.22 bits per heavy atom. The molecule has 5 rings (SSSR count). The molecule has 0 saturated heterocycles. The molecule has 2 aromatic rings. The molecule has 1 N–H and O–H groups in total. The van der Waals surface area contributed by atoms with Crippen LogP contribution in [0.15, 0.2) is 12.1 Å². The van der Waals surface area contributed by atoms with Crippen LogP contribution < -0.4 is 0 Å². The third-order valence-electron chi connectivity index (χ3n) is 5.79. The topological polar surface area (TPSA) is 50.9 Å². The Morgan fingerprint density at radius 2 is 1.91 bits per heavy atom. The van der Waals surface area contributed by atoms with Crippen LogP contribution in [-0.4, -0.2) is 26.0 Å². The van der Waals surface area contributed by atoms with Crippen molar-refractivity contribution in [3.63, 3.8) is 0 Å². The third-order valence-corrected chi connectivity index (χ3v) is 7.22. The smallest absolute Gasteiger partial charge is 0.145 e. The van der Waals surface area contributed by atoms with Crippen LogP contribution in [0, 0.1) is 0 Å². The average molecular weight is 350 g/mol. The Bertz CT molecular complexity index is 769. The summed E-state index contributed by atoms with van der Waals surface area (Å²) in [6.45, 7) is 2.30. The molecular formula is C17H20ClN3OS. The van der Waals surface area contributed by atoms with Crippen molar-refractivity contribution in [1.82, 2.24) is 14.8 Å². The summed E-state index contributed by atoms with van der Waals surface area (Å²) in [5, 5.41) is 19.3. The van der Waals surface area contributed by atoms with Gasteiger partial charge in [0.25, 0.3) is 0 Å². The monoisotopic (exact) mass is 349 g/mol. The SMILES string of the molecule is CC1(c2nnc(C3(c4ccc(Cl)s4)CC(O)C3)n2C2CC2)CC1. The summed E-state index contributed by atoms with van der Waals surface area (Å²) in [5.74, 6) is 2.23. The van der Waals surface area contributed by atoms with Crippen LogP contribution in [-0.2, 0) is 10.8 Å². The zero-order valence-corrected chi connectivity index (χ0v) is 14.7. The molecule has 3 saturated carbocycles. The molecule has 122 valence electrons. The normalized spacial score (nSPS) is 31.9. The molecule has 3 aliphatic rings. The molecule has 0 amide bonds. The van der Waals surface area contributed by atoms with E-state index in [2.05, 4.69) is 27.8 Å². The largest absolute Gasteiger partial charge is 0.393 e. The lowest BCUT2D eigenvalue weighted by Crippen LogP contribution is -2.47. The van der Waals surface area contributed by atoms with Crippen LogP contribution in [0.5, 0.6) is 0 Å². The molecule has 0 aliphatic heterocycles. The van der Waals surface area contributed by atoms with Crippen molar-refractivity contribution >= 4 is 22.9 Å². The molecule has 4 nitrogen and oxygen atoms in total. The maximum Gasteiger partial charge on any atom is 0.145 e. The number of aliphatic hydroxyl groups is 1. The maximum absolute atomic E-state index is 10.1. The Hall–Kier alpha value is -0.910. The van der Waals surface area contributed by atoms with E-state index < -0.39 is 0 Å². The molecule has 3 fully saturated rings. The van der Waals surface area contributed by atoms with Crippen LogP contribution in [0.1, 0.15) is 68.0 Å². The van der Waals surface area contributed by atoms with Gasteiger partial charge in [0.1, 0.15) is 11.6 Å². The highest BCUT2D eigenvalue weighted by Crippen LogP contribution is 2.55. The Labute approximate surface area is 144 Å². The number of nitrogens with zero attached hydrogens (tertiary/aromatic N) is 3. The van der Waals surface area contributed by atoms with Gasteiger partial charge in [-0.15, -0.1) is 21.5 Å². The number of thiophene rings is 1. The van der Waals surface area contributed by atoms with Gasteiger partial charge in [0.2, 0.25) is 0 Å². The minimum atomic E-state index is -0.250. The molecule has 0 radical (unpaired) electrons. The van der Waals surface area contributed by atoms with Crippen molar-refractivity contribution < 1.29 is 5.11 Å². The number of hydrogen-bond acceptors (Lipinski definition) is 4. The molecule has 0 unspecified atom stereocenters. The summed E-state index contributed by atoms with van der Waals surface area (Å²) < 4.78 is 3.22. The summed E-state index contributed by atoms with van der Waals surface area (Å²) in [6.07, 6.45) is 6.06. The minimum Gasteiger partial charge on any atom is -0.393 e. The van der Waals surface area contributed by atoms with Crippen molar-refractivity contribution in [2.24, 2.45) is 0 Å². The van der Waals surface area contributed by atoms with Gasteiger partial charge < -0.3 is 9.67 Å². The van der Waals surface area contributed by atoms with Crippen LogP contribution in [0.3, 0.4) is 0 Å². The summed E-state index contributed by atoms with van der Waals surface area (Å²) in [7, 11) is 0. The first-order chi connectivity index (χ1) is 11.0. The van der Waals surface area contributed by atoms with E-state index in [4.69, 9.17) is 11.6 Å². The number of rotatable bonds is 4. The first-order valence-electron chi connectivity index (χ1n) is 8.42. The molecule has 23 heavy (non-hydrogen) atoms. The molecular weight excluding hydrogens is 330 g/mol. The van der Waals surface area contributed by atoms with E-state index in [0.717, 1.165) is 23.0 Å². The van der Waals surface area contributed by atoms with E-state index >= 15 is 0 Å². The fourth-order valence-corrected chi connectivity index (χ4v) is 5.18. The van der Waals surface area contributed by atoms with E-state index in [1.807, 2.05) is 6.07 Å². The van der Waals surface area contributed by atoms with E-state index in [-0.39, 0.29) is 16.9 Å². The van der Waals surface area contributed by atoms with Gasteiger partial charge in [-0.3, -0.25) is 0 Å². The second kappa shape index (κ2) is 4.58. The fraction of sp³-hybridized carbons (Fsp3) is 0.647. The second-order valence-corrected chi connectivity index (χ2v) is 9.47. The van der Waals surface area contributed by atoms with E-state index in [9.17, 15) is 5.11 Å². The van der Waals surface area contributed by atoms with Gasteiger partial charge in [-0.25, -0.2) is 0 Å².